The van der Waals surface area contributed by atoms with Gasteiger partial charge in [0.2, 0.25) is 0 Å². The second-order valence-corrected chi connectivity index (χ2v) is 6.90. The molecule has 3 rings (SSSR count). The van der Waals surface area contributed by atoms with E-state index in [1.54, 1.807) is 0 Å². The predicted octanol–water partition coefficient (Wildman–Crippen LogP) is 4.71. The van der Waals surface area contributed by atoms with Crippen molar-refractivity contribution in [1.29, 1.82) is 0 Å². The molecule has 1 saturated heterocycles. The van der Waals surface area contributed by atoms with Crippen LogP contribution in [0.5, 0.6) is 0 Å². The lowest BCUT2D eigenvalue weighted by atomic mass is 9.96. The largest absolute Gasteiger partial charge is 0.440 e. The molecule has 1 aromatic carbocycles. The molecule has 1 aliphatic heterocycles. The average molecular weight is 307 g/mol. The van der Waals surface area contributed by atoms with Crippen molar-refractivity contribution in [1.82, 2.24) is 9.88 Å². The number of aromatic nitrogens is 1. The zero-order chi connectivity index (χ0) is 14.8. The molecule has 0 radical (unpaired) electrons. The van der Waals surface area contributed by atoms with Crippen molar-refractivity contribution < 1.29 is 4.42 Å². The summed E-state index contributed by atoms with van der Waals surface area (Å²) < 4.78 is 5.91. The molecule has 0 unspecified atom stereocenters. The van der Waals surface area contributed by atoms with Gasteiger partial charge in [0.25, 0.3) is 0 Å². The number of likely N-dealkylation sites (tertiary alicyclic amines) is 1. The van der Waals surface area contributed by atoms with E-state index in [1.807, 2.05) is 18.2 Å². The van der Waals surface area contributed by atoms with Crippen LogP contribution in [0.2, 0.25) is 5.02 Å². The molecule has 0 amide bonds. The first-order valence-electron chi connectivity index (χ1n) is 7.90. The maximum atomic E-state index is 6.00. The van der Waals surface area contributed by atoms with Crippen LogP contribution in [-0.2, 0) is 0 Å². The normalized spacial score (nSPS) is 17.9. The van der Waals surface area contributed by atoms with Crippen molar-refractivity contribution in [3.05, 3.63) is 29.1 Å². The molecular weight excluding hydrogens is 284 g/mol. The Morgan fingerprint density at radius 2 is 2.10 bits per heavy atom. The van der Waals surface area contributed by atoms with E-state index < -0.39 is 0 Å². The van der Waals surface area contributed by atoms with E-state index in [4.69, 9.17) is 16.0 Å². The zero-order valence-electron chi connectivity index (χ0n) is 12.8. The summed E-state index contributed by atoms with van der Waals surface area (Å²) in [5.74, 6) is 2.12. The van der Waals surface area contributed by atoms with E-state index in [-0.39, 0.29) is 0 Å². The lowest BCUT2D eigenvalue weighted by molar-refractivity contribution is 0.192. The molecule has 3 nitrogen and oxygen atoms in total. The van der Waals surface area contributed by atoms with Crippen molar-refractivity contribution >= 4 is 22.7 Å². The van der Waals surface area contributed by atoms with Gasteiger partial charge in [-0.25, -0.2) is 4.98 Å². The molecule has 0 aliphatic carbocycles. The van der Waals surface area contributed by atoms with Crippen LogP contribution in [0.15, 0.2) is 22.6 Å². The van der Waals surface area contributed by atoms with Crippen LogP contribution >= 0.6 is 11.6 Å². The molecule has 4 heteroatoms. The summed E-state index contributed by atoms with van der Waals surface area (Å²) in [6, 6.07) is 5.64. The van der Waals surface area contributed by atoms with E-state index in [1.165, 1.54) is 13.0 Å². The van der Waals surface area contributed by atoms with Crippen LogP contribution in [0.1, 0.15) is 44.9 Å². The molecule has 0 N–H and O–H groups in total. The fraction of sp³-hybridized carbons (Fsp3) is 0.588. The fourth-order valence-corrected chi connectivity index (χ4v) is 3.10. The number of rotatable bonds is 4. The second-order valence-electron chi connectivity index (χ2n) is 6.46. The SMILES string of the molecule is CC(C)CCN1CCC(c2nc3cc(Cl)ccc3o2)CC1. The smallest absolute Gasteiger partial charge is 0.198 e. The van der Waals surface area contributed by atoms with E-state index in [0.717, 1.165) is 48.8 Å². The maximum Gasteiger partial charge on any atom is 0.198 e. The lowest BCUT2D eigenvalue weighted by Crippen LogP contribution is -2.34. The Morgan fingerprint density at radius 3 is 2.81 bits per heavy atom. The Labute approximate surface area is 131 Å². The number of piperidine rings is 1. The molecule has 1 aromatic heterocycles. The Hall–Kier alpha value is -1.06. The summed E-state index contributed by atoms with van der Waals surface area (Å²) in [5, 5.41) is 0.714. The fourth-order valence-electron chi connectivity index (χ4n) is 2.94. The first-order chi connectivity index (χ1) is 10.1. The topological polar surface area (TPSA) is 29.3 Å². The highest BCUT2D eigenvalue weighted by atomic mass is 35.5. The number of fused-ring (bicyclic) bond motifs is 1. The number of halogens is 1. The molecule has 21 heavy (non-hydrogen) atoms. The van der Waals surface area contributed by atoms with Gasteiger partial charge in [0.05, 0.1) is 0 Å². The summed E-state index contributed by atoms with van der Waals surface area (Å²) in [7, 11) is 0. The Bertz CT molecular complexity index is 600. The van der Waals surface area contributed by atoms with Crippen LogP contribution < -0.4 is 0 Å². The lowest BCUT2D eigenvalue weighted by Gasteiger charge is -2.30. The van der Waals surface area contributed by atoms with Gasteiger partial charge in [-0.3, -0.25) is 0 Å². The molecule has 1 aliphatic rings. The Morgan fingerprint density at radius 1 is 1.33 bits per heavy atom. The van der Waals surface area contributed by atoms with Crippen molar-refractivity contribution in [2.24, 2.45) is 5.92 Å². The quantitative estimate of drug-likeness (QED) is 0.819. The summed E-state index contributed by atoms with van der Waals surface area (Å²) >= 11 is 6.00. The molecular formula is C17H23ClN2O. The highest BCUT2D eigenvalue weighted by Gasteiger charge is 2.24. The standard InChI is InChI=1S/C17H23ClN2O/c1-12(2)5-8-20-9-6-13(7-10-20)17-19-15-11-14(18)3-4-16(15)21-17/h3-4,11-13H,5-10H2,1-2H3. The minimum Gasteiger partial charge on any atom is -0.440 e. The van der Waals surface area contributed by atoms with Gasteiger partial charge < -0.3 is 9.32 Å². The van der Waals surface area contributed by atoms with Crippen LogP contribution in [-0.4, -0.2) is 29.5 Å². The maximum absolute atomic E-state index is 6.00. The number of nitrogens with zero attached hydrogens (tertiary/aromatic N) is 2. The summed E-state index contributed by atoms with van der Waals surface area (Å²) in [4.78, 5) is 7.19. The van der Waals surface area contributed by atoms with Gasteiger partial charge in [0.1, 0.15) is 5.52 Å². The Balaban J connectivity index is 1.62. The summed E-state index contributed by atoms with van der Waals surface area (Å²) in [6.45, 7) is 8.09. The Kier molecular flexibility index (Phi) is 4.51. The molecule has 2 heterocycles. The predicted molar refractivity (Wildman–Crippen MR) is 86.9 cm³/mol. The van der Waals surface area contributed by atoms with Gasteiger partial charge in [0.15, 0.2) is 11.5 Å². The molecule has 2 aromatic rings. The van der Waals surface area contributed by atoms with Crippen molar-refractivity contribution in [2.75, 3.05) is 19.6 Å². The molecule has 0 saturated carbocycles. The van der Waals surface area contributed by atoms with Gasteiger partial charge in [-0.15, -0.1) is 0 Å². The van der Waals surface area contributed by atoms with E-state index in [0.29, 0.717) is 10.9 Å². The van der Waals surface area contributed by atoms with Crippen LogP contribution in [0.4, 0.5) is 0 Å². The third kappa shape index (κ3) is 3.58. The van der Waals surface area contributed by atoms with Gasteiger partial charge in [-0.1, -0.05) is 25.4 Å². The first kappa shape index (κ1) is 14.9. The van der Waals surface area contributed by atoms with Crippen molar-refractivity contribution in [3.63, 3.8) is 0 Å². The minimum atomic E-state index is 0.450. The molecule has 0 atom stereocenters. The van der Waals surface area contributed by atoms with E-state index in [2.05, 4.69) is 23.7 Å². The molecule has 0 bridgehead atoms. The first-order valence-corrected chi connectivity index (χ1v) is 8.28. The zero-order valence-corrected chi connectivity index (χ0v) is 13.6. The van der Waals surface area contributed by atoms with E-state index >= 15 is 0 Å². The van der Waals surface area contributed by atoms with Crippen molar-refractivity contribution in [3.8, 4) is 0 Å². The highest BCUT2D eigenvalue weighted by Crippen LogP contribution is 2.30. The van der Waals surface area contributed by atoms with Crippen LogP contribution in [0.25, 0.3) is 11.1 Å². The number of hydrogen-bond donors (Lipinski definition) is 0. The van der Waals surface area contributed by atoms with Crippen LogP contribution in [0.3, 0.4) is 0 Å². The number of oxazole rings is 1. The summed E-state index contributed by atoms with van der Waals surface area (Å²) in [5.41, 5.74) is 1.72. The second kappa shape index (κ2) is 6.37. The van der Waals surface area contributed by atoms with Crippen LogP contribution in [0, 0.1) is 5.92 Å². The average Bonchev–Trinajstić information content (AvgIpc) is 2.88. The number of hydrogen-bond acceptors (Lipinski definition) is 3. The minimum absolute atomic E-state index is 0.450. The van der Waals surface area contributed by atoms with E-state index in [9.17, 15) is 0 Å². The third-order valence-electron chi connectivity index (χ3n) is 4.33. The van der Waals surface area contributed by atoms with Gasteiger partial charge in [-0.05, 0) is 63.0 Å². The van der Waals surface area contributed by atoms with Gasteiger partial charge in [0, 0.05) is 10.9 Å². The third-order valence-corrected chi connectivity index (χ3v) is 4.56. The highest BCUT2D eigenvalue weighted by molar-refractivity contribution is 6.31. The molecule has 0 spiro atoms. The molecule has 114 valence electrons. The monoisotopic (exact) mass is 306 g/mol. The van der Waals surface area contributed by atoms with Crippen molar-refractivity contribution in [2.45, 2.75) is 39.0 Å². The van der Waals surface area contributed by atoms with Gasteiger partial charge >= 0.3 is 0 Å². The molecule has 1 fully saturated rings. The summed E-state index contributed by atoms with van der Waals surface area (Å²) in [6.07, 6.45) is 3.56. The number of benzene rings is 1. The van der Waals surface area contributed by atoms with Gasteiger partial charge in [-0.2, -0.15) is 0 Å².